The standard InChI is InChI=1S/C13H16BrNOS/c1-9-2-3-11(6-12(9)14)13(16)15-7-10-4-5-17-8-10/h2-3,6,10H,4-5,7-8H2,1H3,(H,15,16). The highest BCUT2D eigenvalue weighted by molar-refractivity contribution is 9.10. The monoisotopic (exact) mass is 313 g/mol. The van der Waals surface area contributed by atoms with Crippen LogP contribution in [0.15, 0.2) is 22.7 Å². The number of carbonyl (C=O) groups is 1. The molecule has 1 amide bonds. The van der Waals surface area contributed by atoms with Crippen molar-refractivity contribution in [2.45, 2.75) is 13.3 Å². The number of amides is 1. The second-order valence-corrected chi connectivity index (χ2v) is 6.41. The summed E-state index contributed by atoms with van der Waals surface area (Å²) in [4.78, 5) is 11.9. The molecule has 1 unspecified atom stereocenters. The van der Waals surface area contributed by atoms with Gasteiger partial charge in [0.2, 0.25) is 0 Å². The van der Waals surface area contributed by atoms with Gasteiger partial charge < -0.3 is 5.32 Å². The molecule has 2 rings (SSSR count). The molecule has 1 aromatic rings. The van der Waals surface area contributed by atoms with Crippen molar-refractivity contribution in [1.82, 2.24) is 5.32 Å². The predicted octanol–water partition coefficient (Wildman–Crippen LogP) is 3.24. The molecule has 17 heavy (non-hydrogen) atoms. The number of aryl methyl sites for hydroxylation is 1. The molecule has 92 valence electrons. The van der Waals surface area contributed by atoms with Crippen molar-refractivity contribution in [2.75, 3.05) is 18.1 Å². The van der Waals surface area contributed by atoms with Gasteiger partial charge in [0.1, 0.15) is 0 Å². The molecule has 0 aliphatic carbocycles. The van der Waals surface area contributed by atoms with Gasteiger partial charge in [-0.05, 0) is 48.5 Å². The third-order valence-electron chi connectivity index (χ3n) is 3.01. The van der Waals surface area contributed by atoms with Gasteiger partial charge in [-0.25, -0.2) is 0 Å². The van der Waals surface area contributed by atoms with E-state index in [-0.39, 0.29) is 5.91 Å². The van der Waals surface area contributed by atoms with Crippen LogP contribution in [0.2, 0.25) is 0 Å². The maximum atomic E-state index is 11.9. The number of benzene rings is 1. The summed E-state index contributed by atoms with van der Waals surface area (Å²) in [6.45, 7) is 2.82. The van der Waals surface area contributed by atoms with Crippen LogP contribution in [0.25, 0.3) is 0 Å². The van der Waals surface area contributed by atoms with Crippen molar-refractivity contribution in [3.05, 3.63) is 33.8 Å². The Morgan fingerprint density at radius 1 is 1.59 bits per heavy atom. The Labute approximate surface area is 115 Å². The summed E-state index contributed by atoms with van der Waals surface area (Å²) in [5, 5.41) is 3.01. The minimum absolute atomic E-state index is 0.0302. The van der Waals surface area contributed by atoms with Gasteiger partial charge in [-0.2, -0.15) is 11.8 Å². The molecule has 1 heterocycles. The molecule has 1 saturated heterocycles. The third-order valence-corrected chi connectivity index (χ3v) is 5.10. The largest absolute Gasteiger partial charge is 0.352 e. The maximum Gasteiger partial charge on any atom is 0.251 e. The lowest BCUT2D eigenvalue weighted by molar-refractivity contribution is 0.0948. The van der Waals surface area contributed by atoms with E-state index < -0.39 is 0 Å². The van der Waals surface area contributed by atoms with Gasteiger partial charge in [0.15, 0.2) is 0 Å². The Morgan fingerprint density at radius 3 is 3.06 bits per heavy atom. The van der Waals surface area contributed by atoms with Crippen molar-refractivity contribution in [2.24, 2.45) is 5.92 Å². The smallest absolute Gasteiger partial charge is 0.251 e. The van der Waals surface area contributed by atoms with Crippen LogP contribution < -0.4 is 5.32 Å². The topological polar surface area (TPSA) is 29.1 Å². The summed E-state index contributed by atoms with van der Waals surface area (Å²) >= 11 is 5.42. The Balaban J connectivity index is 1.92. The highest BCUT2D eigenvalue weighted by atomic mass is 79.9. The highest BCUT2D eigenvalue weighted by Gasteiger charge is 2.16. The zero-order valence-corrected chi connectivity index (χ0v) is 12.2. The number of hydrogen-bond donors (Lipinski definition) is 1. The molecule has 1 fully saturated rings. The van der Waals surface area contributed by atoms with Gasteiger partial charge in [-0.3, -0.25) is 4.79 Å². The van der Waals surface area contributed by atoms with Gasteiger partial charge in [0.25, 0.3) is 5.91 Å². The van der Waals surface area contributed by atoms with E-state index in [1.54, 1.807) is 0 Å². The van der Waals surface area contributed by atoms with Gasteiger partial charge in [-0.1, -0.05) is 22.0 Å². The molecule has 1 aromatic carbocycles. The van der Waals surface area contributed by atoms with E-state index in [9.17, 15) is 4.79 Å². The van der Waals surface area contributed by atoms with Crippen LogP contribution in [0, 0.1) is 12.8 Å². The minimum Gasteiger partial charge on any atom is -0.352 e. The van der Waals surface area contributed by atoms with Crippen molar-refractivity contribution >= 4 is 33.6 Å². The fourth-order valence-corrected chi connectivity index (χ4v) is 3.48. The van der Waals surface area contributed by atoms with Crippen LogP contribution >= 0.6 is 27.7 Å². The minimum atomic E-state index is 0.0302. The number of carbonyl (C=O) groups excluding carboxylic acids is 1. The van der Waals surface area contributed by atoms with Crippen LogP contribution in [0.1, 0.15) is 22.3 Å². The van der Waals surface area contributed by atoms with E-state index in [2.05, 4.69) is 21.2 Å². The summed E-state index contributed by atoms with van der Waals surface area (Å²) < 4.78 is 0.988. The van der Waals surface area contributed by atoms with Crippen molar-refractivity contribution in [3.8, 4) is 0 Å². The first-order valence-corrected chi connectivity index (χ1v) is 7.73. The molecule has 0 bridgehead atoms. The first-order chi connectivity index (χ1) is 8.16. The normalized spacial score (nSPS) is 19.3. The Morgan fingerprint density at radius 2 is 2.41 bits per heavy atom. The number of halogens is 1. The molecule has 1 N–H and O–H groups in total. The van der Waals surface area contributed by atoms with Gasteiger partial charge >= 0.3 is 0 Å². The molecule has 0 radical (unpaired) electrons. The van der Waals surface area contributed by atoms with Crippen LogP contribution in [0.4, 0.5) is 0 Å². The fourth-order valence-electron chi connectivity index (χ4n) is 1.82. The molecule has 1 aliphatic rings. The number of thioether (sulfide) groups is 1. The van der Waals surface area contributed by atoms with E-state index in [0.29, 0.717) is 5.92 Å². The lowest BCUT2D eigenvalue weighted by atomic mass is 10.1. The zero-order chi connectivity index (χ0) is 12.3. The summed E-state index contributed by atoms with van der Waals surface area (Å²) in [5.41, 5.74) is 1.88. The van der Waals surface area contributed by atoms with Crippen LogP contribution in [0.3, 0.4) is 0 Å². The van der Waals surface area contributed by atoms with Crippen molar-refractivity contribution in [1.29, 1.82) is 0 Å². The molecule has 1 atom stereocenters. The molecule has 2 nitrogen and oxygen atoms in total. The maximum absolute atomic E-state index is 11.9. The van der Waals surface area contributed by atoms with Gasteiger partial charge in [-0.15, -0.1) is 0 Å². The summed E-state index contributed by atoms with van der Waals surface area (Å²) in [6.07, 6.45) is 1.22. The first-order valence-electron chi connectivity index (χ1n) is 5.79. The van der Waals surface area contributed by atoms with Crippen LogP contribution in [0.5, 0.6) is 0 Å². The van der Waals surface area contributed by atoms with E-state index in [4.69, 9.17) is 0 Å². The Hall–Kier alpha value is -0.480. The van der Waals surface area contributed by atoms with E-state index in [1.807, 2.05) is 36.9 Å². The van der Waals surface area contributed by atoms with Crippen molar-refractivity contribution < 1.29 is 4.79 Å². The van der Waals surface area contributed by atoms with Crippen molar-refractivity contribution in [3.63, 3.8) is 0 Å². The molecule has 1 aliphatic heterocycles. The first kappa shape index (κ1) is 13.0. The lowest BCUT2D eigenvalue weighted by Gasteiger charge is -2.10. The second kappa shape index (κ2) is 5.91. The zero-order valence-electron chi connectivity index (χ0n) is 9.83. The average Bonchev–Trinajstić information content (AvgIpc) is 2.82. The summed E-state index contributed by atoms with van der Waals surface area (Å²) in [7, 11) is 0. The SMILES string of the molecule is Cc1ccc(C(=O)NCC2CCSC2)cc1Br. The Bertz CT molecular complexity index is 416. The van der Waals surface area contributed by atoms with Gasteiger partial charge in [0, 0.05) is 16.6 Å². The quantitative estimate of drug-likeness (QED) is 0.928. The summed E-state index contributed by atoms with van der Waals surface area (Å²) in [5.74, 6) is 3.09. The lowest BCUT2D eigenvalue weighted by Crippen LogP contribution is -2.29. The van der Waals surface area contributed by atoms with E-state index >= 15 is 0 Å². The molecule has 0 spiro atoms. The molecule has 0 saturated carbocycles. The fraction of sp³-hybridized carbons (Fsp3) is 0.462. The number of rotatable bonds is 3. The van der Waals surface area contributed by atoms with Crippen LogP contribution in [-0.4, -0.2) is 24.0 Å². The van der Waals surface area contributed by atoms with Crippen LogP contribution in [-0.2, 0) is 0 Å². The molecule has 0 aromatic heterocycles. The average molecular weight is 314 g/mol. The molecular weight excluding hydrogens is 298 g/mol. The molecule has 4 heteroatoms. The van der Waals surface area contributed by atoms with E-state index in [1.165, 1.54) is 17.9 Å². The third kappa shape index (κ3) is 3.49. The van der Waals surface area contributed by atoms with Gasteiger partial charge in [0.05, 0.1) is 0 Å². The highest BCUT2D eigenvalue weighted by Crippen LogP contribution is 2.22. The predicted molar refractivity (Wildman–Crippen MR) is 76.6 cm³/mol. The molecular formula is C13H16BrNOS. The number of hydrogen-bond acceptors (Lipinski definition) is 2. The number of nitrogens with one attached hydrogen (secondary N) is 1. The summed E-state index contributed by atoms with van der Waals surface area (Å²) in [6, 6.07) is 5.72. The Kier molecular flexibility index (Phi) is 4.51. The van der Waals surface area contributed by atoms with E-state index in [0.717, 1.165) is 22.1 Å². The second-order valence-electron chi connectivity index (χ2n) is 4.40.